The summed E-state index contributed by atoms with van der Waals surface area (Å²) >= 11 is 6.04. The van der Waals surface area contributed by atoms with Gasteiger partial charge in [0.15, 0.2) is 0 Å². The monoisotopic (exact) mass is 405 g/mol. The number of nitrogens with zero attached hydrogens (tertiary/aromatic N) is 3. The summed E-state index contributed by atoms with van der Waals surface area (Å²) < 4.78 is 0. The van der Waals surface area contributed by atoms with Gasteiger partial charge in [0.05, 0.1) is 11.6 Å². The molecule has 7 heteroatoms. The first-order chi connectivity index (χ1) is 14.1. The third-order valence-corrected chi connectivity index (χ3v) is 4.98. The molecule has 1 atom stereocenters. The number of likely N-dealkylation sites (tertiary alicyclic amines) is 1. The standard InChI is InChI=1S/C22H16ClN3O3/c23-17-5-1-3-15(11-17)20(27)18-19(16-4-2-8-25-12-16)26(22(29)21(18)28)13-14-6-9-24-10-7-14/h1-12,19,27H,13H2/b20-18-. The van der Waals surface area contributed by atoms with Gasteiger partial charge in [-0.2, -0.15) is 0 Å². The first-order valence-corrected chi connectivity index (χ1v) is 9.27. The summed E-state index contributed by atoms with van der Waals surface area (Å²) in [7, 11) is 0. The van der Waals surface area contributed by atoms with Gasteiger partial charge in [-0.05, 0) is 41.5 Å². The molecule has 0 bridgehead atoms. The predicted octanol–water partition coefficient (Wildman–Crippen LogP) is 3.75. The molecule has 1 N–H and O–H groups in total. The molecule has 3 aromatic rings. The Morgan fingerprint density at radius 2 is 1.83 bits per heavy atom. The van der Waals surface area contributed by atoms with Gasteiger partial charge >= 0.3 is 0 Å². The van der Waals surface area contributed by atoms with Crippen LogP contribution >= 0.6 is 11.6 Å². The summed E-state index contributed by atoms with van der Waals surface area (Å²) in [5, 5.41) is 11.4. The van der Waals surface area contributed by atoms with Gasteiger partial charge in [-0.15, -0.1) is 0 Å². The molecule has 1 aliphatic heterocycles. The first-order valence-electron chi connectivity index (χ1n) is 8.89. The molecule has 0 saturated carbocycles. The SMILES string of the molecule is O=C1C(=O)N(Cc2ccncc2)C(c2cccnc2)/C1=C(/O)c1cccc(Cl)c1. The molecule has 1 aliphatic rings. The number of aliphatic hydroxyl groups is 1. The molecule has 1 aromatic carbocycles. The van der Waals surface area contributed by atoms with Crippen molar-refractivity contribution in [2.24, 2.45) is 0 Å². The van der Waals surface area contributed by atoms with Gasteiger partial charge in [0.25, 0.3) is 11.7 Å². The summed E-state index contributed by atoms with van der Waals surface area (Å²) in [6.45, 7) is 0.193. The Labute approximate surface area is 172 Å². The van der Waals surface area contributed by atoms with Gasteiger partial charge in [0.1, 0.15) is 5.76 Å². The second kappa shape index (κ2) is 7.85. The normalized spacial score (nSPS) is 18.2. The fourth-order valence-electron chi connectivity index (χ4n) is 3.40. The lowest BCUT2D eigenvalue weighted by molar-refractivity contribution is -0.140. The lowest BCUT2D eigenvalue weighted by atomic mass is 9.96. The maximum absolute atomic E-state index is 12.9. The van der Waals surface area contributed by atoms with Crippen LogP contribution in [-0.4, -0.2) is 31.7 Å². The molecule has 1 fully saturated rings. The Hall–Kier alpha value is -3.51. The number of benzene rings is 1. The Morgan fingerprint density at radius 1 is 1.03 bits per heavy atom. The predicted molar refractivity (Wildman–Crippen MR) is 108 cm³/mol. The lowest BCUT2D eigenvalue weighted by Crippen LogP contribution is -2.29. The Bertz CT molecular complexity index is 1100. The number of carbonyl (C=O) groups is 2. The molecule has 1 unspecified atom stereocenters. The molecule has 6 nitrogen and oxygen atoms in total. The molecule has 144 valence electrons. The fraction of sp³-hybridized carbons (Fsp3) is 0.0909. The molecule has 1 saturated heterocycles. The molecule has 4 rings (SSSR count). The van der Waals surface area contributed by atoms with Gasteiger partial charge in [0, 0.05) is 41.9 Å². The van der Waals surface area contributed by atoms with E-state index in [0.29, 0.717) is 16.1 Å². The van der Waals surface area contributed by atoms with Crippen LogP contribution in [0.3, 0.4) is 0 Å². The maximum Gasteiger partial charge on any atom is 0.295 e. The van der Waals surface area contributed by atoms with Crippen molar-refractivity contribution in [1.29, 1.82) is 0 Å². The van der Waals surface area contributed by atoms with Crippen LogP contribution in [0.1, 0.15) is 22.7 Å². The van der Waals surface area contributed by atoms with E-state index in [-0.39, 0.29) is 17.9 Å². The summed E-state index contributed by atoms with van der Waals surface area (Å²) in [6, 6.07) is 12.8. The highest BCUT2D eigenvalue weighted by molar-refractivity contribution is 6.46. The quantitative estimate of drug-likeness (QED) is 0.406. The summed E-state index contributed by atoms with van der Waals surface area (Å²) in [4.78, 5) is 35.3. The number of hydrogen-bond acceptors (Lipinski definition) is 5. The van der Waals surface area contributed by atoms with E-state index in [9.17, 15) is 14.7 Å². The highest BCUT2D eigenvalue weighted by Gasteiger charge is 2.46. The van der Waals surface area contributed by atoms with Gasteiger partial charge in [-0.1, -0.05) is 29.8 Å². The van der Waals surface area contributed by atoms with Crippen LogP contribution in [0.2, 0.25) is 5.02 Å². The number of aromatic nitrogens is 2. The van der Waals surface area contributed by atoms with E-state index in [1.165, 1.54) is 4.90 Å². The molecule has 1 amide bonds. The zero-order valence-corrected chi connectivity index (χ0v) is 16.0. The van der Waals surface area contributed by atoms with Crippen LogP contribution in [0.4, 0.5) is 0 Å². The van der Waals surface area contributed by atoms with Crippen LogP contribution < -0.4 is 0 Å². The highest BCUT2D eigenvalue weighted by Crippen LogP contribution is 2.40. The molecule has 3 heterocycles. The maximum atomic E-state index is 12.9. The van der Waals surface area contributed by atoms with Crippen molar-refractivity contribution in [3.63, 3.8) is 0 Å². The second-order valence-corrected chi connectivity index (χ2v) is 7.02. The average Bonchev–Trinajstić information content (AvgIpc) is 2.99. The van der Waals surface area contributed by atoms with Gasteiger partial charge in [0.2, 0.25) is 0 Å². The molecular weight excluding hydrogens is 390 g/mol. The van der Waals surface area contributed by atoms with Crippen molar-refractivity contribution >= 4 is 29.1 Å². The van der Waals surface area contributed by atoms with E-state index >= 15 is 0 Å². The summed E-state index contributed by atoms with van der Waals surface area (Å²) in [6.07, 6.45) is 6.44. The molecular formula is C22H16ClN3O3. The molecule has 0 spiro atoms. The minimum Gasteiger partial charge on any atom is -0.507 e. The van der Waals surface area contributed by atoms with E-state index < -0.39 is 17.7 Å². The fourth-order valence-corrected chi connectivity index (χ4v) is 3.59. The van der Waals surface area contributed by atoms with E-state index in [1.54, 1.807) is 73.3 Å². The number of amides is 1. The first kappa shape index (κ1) is 18.8. The van der Waals surface area contributed by atoms with Gasteiger partial charge < -0.3 is 10.0 Å². The van der Waals surface area contributed by atoms with E-state index in [2.05, 4.69) is 9.97 Å². The second-order valence-electron chi connectivity index (χ2n) is 6.58. The minimum absolute atomic E-state index is 0.0133. The number of pyridine rings is 2. The smallest absolute Gasteiger partial charge is 0.295 e. The number of rotatable bonds is 4. The van der Waals surface area contributed by atoms with Crippen LogP contribution in [0.15, 0.2) is 78.9 Å². The van der Waals surface area contributed by atoms with Crippen LogP contribution in [0.5, 0.6) is 0 Å². The molecule has 0 radical (unpaired) electrons. The van der Waals surface area contributed by atoms with E-state index in [1.807, 2.05) is 0 Å². The van der Waals surface area contributed by atoms with Crippen LogP contribution in [0, 0.1) is 0 Å². The highest BCUT2D eigenvalue weighted by atomic mass is 35.5. The summed E-state index contributed by atoms with van der Waals surface area (Å²) in [5.41, 5.74) is 1.83. The van der Waals surface area contributed by atoms with Crippen molar-refractivity contribution in [1.82, 2.24) is 14.9 Å². The van der Waals surface area contributed by atoms with Crippen molar-refractivity contribution in [3.05, 3.63) is 101 Å². The van der Waals surface area contributed by atoms with Crippen LogP contribution in [0.25, 0.3) is 5.76 Å². The Kier molecular flexibility index (Phi) is 5.10. The molecule has 29 heavy (non-hydrogen) atoms. The Morgan fingerprint density at radius 3 is 2.52 bits per heavy atom. The Balaban J connectivity index is 1.86. The molecule has 0 aliphatic carbocycles. The zero-order valence-electron chi connectivity index (χ0n) is 15.2. The number of aliphatic hydroxyl groups excluding tert-OH is 1. The number of ketones is 1. The van der Waals surface area contributed by atoms with Crippen molar-refractivity contribution in [2.45, 2.75) is 12.6 Å². The lowest BCUT2D eigenvalue weighted by Gasteiger charge is -2.25. The van der Waals surface area contributed by atoms with Crippen molar-refractivity contribution < 1.29 is 14.7 Å². The van der Waals surface area contributed by atoms with E-state index in [4.69, 9.17) is 11.6 Å². The van der Waals surface area contributed by atoms with Gasteiger partial charge in [-0.25, -0.2) is 0 Å². The van der Waals surface area contributed by atoms with Crippen LogP contribution in [-0.2, 0) is 16.1 Å². The average molecular weight is 406 g/mol. The molecule has 2 aromatic heterocycles. The van der Waals surface area contributed by atoms with Crippen molar-refractivity contribution in [3.8, 4) is 0 Å². The number of hydrogen-bond donors (Lipinski definition) is 1. The minimum atomic E-state index is -0.768. The topological polar surface area (TPSA) is 83.4 Å². The third-order valence-electron chi connectivity index (χ3n) is 4.74. The van der Waals surface area contributed by atoms with Crippen molar-refractivity contribution in [2.75, 3.05) is 0 Å². The largest absolute Gasteiger partial charge is 0.507 e. The number of carbonyl (C=O) groups excluding carboxylic acids is 2. The summed E-state index contributed by atoms with van der Waals surface area (Å²) in [5.74, 6) is -1.69. The third kappa shape index (κ3) is 3.62. The number of halogens is 1. The number of Topliss-reactive ketones (excluding diaryl/α,β-unsaturated/α-hetero) is 1. The van der Waals surface area contributed by atoms with E-state index in [0.717, 1.165) is 5.56 Å². The van der Waals surface area contributed by atoms with Gasteiger partial charge in [-0.3, -0.25) is 19.6 Å². The zero-order chi connectivity index (χ0) is 20.4.